The third-order valence-corrected chi connectivity index (χ3v) is 6.18. The van der Waals surface area contributed by atoms with Crippen molar-refractivity contribution in [3.05, 3.63) is 127 Å². The number of benzene rings is 4. The molecule has 4 aromatic rings. The Kier molecular flexibility index (Phi) is 19.2. The average molecular weight is 782 g/mol. The summed E-state index contributed by atoms with van der Waals surface area (Å²) in [5.41, 5.74) is 7.91. The van der Waals surface area contributed by atoms with Crippen LogP contribution in [-0.4, -0.2) is 52.9 Å². The monoisotopic (exact) mass is 780 g/mol. The van der Waals surface area contributed by atoms with E-state index in [1.165, 1.54) is 68.8 Å². The fourth-order valence-corrected chi connectivity index (χ4v) is 3.58. The molecule has 0 bridgehead atoms. The van der Waals surface area contributed by atoms with Crippen LogP contribution in [0.1, 0.15) is 31.8 Å². The molecule has 0 saturated carbocycles. The van der Waals surface area contributed by atoms with Crippen LogP contribution in [0.3, 0.4) is 0 Å². The zero-order valence-corrected chi connectivity index (χ0v) is 30.1. The minimum Gasteiger partial charge on any atom is -0.465 e. The van der Waals surface area contributed by atoms with Crippen molar-refractivity contribution in [3.8, 4) is 11.5 Å². The number of nitrogens with two attached hydrogens (primary N) is 1. The third-order valence-electron chi connectivity index (χ3n) is 6.10. The molecule has 276 valence electrons. The molecule has 0 aromatic heterocycles. The number of halogens is 3. The summed E-state index contributed by atoms with van der Waals surface area (Å²) in [6, 6.07) is 19.9. The Morgan fingerprint density at radius 1 is 0.692 bits per heavy atom. The SMILES string of the molecule is COC(=O)c1ccc(C)c(N)c1.COC(=O)c1ccc(C)c(NC(=O)Oc2ccc([N+](=O)[O-])cc2)c1.ClCCl.O=C(Cl)Oc1ccc([N+](=O)[O-])cc1. The molecular weight excluding hydrogens is 751 g/mol. The van der Waals surface area contributed by atoms with Crippen LogP contribution >= 0.6 is 34.8 Å². The molecule has 0 spiro atoms. The number of nitrogens with one attached hydrogen (secondary N) is 1. The van der Waals surface area contributed by atoms with Crippen molar-refractivity contribution >= 4 is 81.0 Å². The minimum absolute atomic E-state index is 0.0747. The van der Waals surface area contributed by atoms with Gasteiger partial charge in [0.15, 0.2) is 0 Å². The molecule has 1 amide bonds. The predicted molar refractivity (Wildman–Crippen MR) is 194 cm³/mol. The zero-order chi connectivity index (χ0) is 39.4. The molecule has 0 heterocycles. The highest BCUT2D eigenvalue weighted by Gasteiger charge is 2.13. The Hall–Kier alpha value is -5.97. The zero-order valence-electron chi connectivity index (χ0n) is 27.8. The molecule has 4 aromatic carbocycles. The van der Waals surface area contributed by atoms with Gasteiger partial charge in [-0.2, -0.15) is 0 Å². The number of non-ortho nitro benzene ring substituents is 2. The molecule has 0 saturated heterocycles. The number of nitrogens with zero attached hydrogens (tertiary/aromatic N) is 2. The van der Waals surface area contributed by atoms with Crippen molar-refractivity contribution in [1.82, 2.24) is 0 Å². The normalized spacial score (nSPS) is 9.44. The Labute approximate surface area is 311 Å². The van der Waals surface area contributed by atoms with Gasteiger partial charge in [0.2, 0.25) is 0 Å². The molecule has 0 aliphatic heterocycles. The molecule has 0 atom stereocenters. The van der Waals surface area contributed by atoms with E-state index in [0.717, 1.165) is 11.1 Å². The lowest BCUT2D eigenvalue weighted by Crippen LogP contribution is -2.18. The standard InChI is InChI=1S/C16H14N2O6.C9H11NO2.C7H4ClNO4.CH2Cl2/c1-10-3-4-11(15(19)23-2)9-14(10)17-16(20)24-13-7-5-12(6-8-13)18(21)22;1-6-3-4-7(5-8(6)10)9(11)12-2;8-7(10)13-6-3-1-5(2-4-6)9(11)12;2-1-3/h3-9H,1-2H3,(H,17,20);3-5H,10H2,1-2H3;1-4H;1H2. The van der Waals surface area contributed by atoms with E-state index in [9.17, 15) is 39.4 Å². The highest BCUT2D eigenvalue weighted by atomic mass is 35.5. The molecule has 52 heavy (non-hydrogen) atoms. The van der Waals surface area contributed by atoms with Gasteiger partial charge in [-0.25, -0.2) is 19.2 Å². The Morgan fingerprint density at radius 3 is 1.48 bits per heavy atom. The van der Waals surface area contributed by atoms with E-state index in [0.29, 0.717) is 16.9 Å². The van der Waals surface area contributed by atoms with Gasteiger partial charge in [0.05, 0.1) is 40.5 Å². The van der Waals surface area contributed by atoms with E-state index in [-0.39, 0.29) is 39.7 Å². The van der Waals surface area contributed by atoms with Crippen LogP contribution in [0.5, 0.6) is 11.5 Å². The third kappa shape index (κ3) is 15.7. The maximum absolute atomic E-state index is 11.9. The number of carbonyl (C=O) groups excluding carboxylic acids is 4. The average Bonchev–Trinajstić information content (AvgIpc) is 3.10. The maximum atomic E-state index is 11.9. The summed E-state index contributed by atoms with van der Waals surface area (Å²) in [6.07, 6.45) is -0.783. The van der Waals surface area contributed by atoms with Crippen LogP contribution in [-0.2, 0) is 9.47 Å². The molecule has 0 radical (unpaired) electrons. The predicted octanol–water partition coefficient (Wildman–Crippen LogP) is 8.42. The van der Waals surface area contributed by atoms with Crippen LogP contribution in [0.2, 0.25) is 0 Å². The second kappa shape index (κ2) is 22.7. The van der Waals surface area contributed by atoms with Crippen molar-refractivity contribution in [2.75, 3.05) is 30.6 Å². The molecular formula is C33H31Cl3N4O12. The Bertz CT molecular complexity index is 1860. The van der Waals surface area contributed by atoms with Crippen molar-refractivity contribution in [2.24, 2.45) is 0 Å². The first kappa shape index (κ1) is 44.1. The van der Waals surface area contributed by atoms with E-state index >= 15 is 0 Å². The number of nitro groups is 2. The lowest BCUT2D eigenvalue weighted by Gasteiger charge is -2.10. The number of anilines is 2. The quantitative estimate of drug-likeness (QED) is 0.0448. The van der Waals surface area contributed by atoms with Crippen molar-refractivity contribution in [1.29, 1.82) is 0 Å². The number of amides is 1. The fourth-order valence-electron chi connectivity index (χ4n) is 3.49. The molecule has 0 aliphatic rings. The molecule has 4 rings (SSSR count). The second-order valence-corrected chi connectivity index (χ2v) is 10.7. The van der Waals surface area contributed by atoms with Crippen LogP contribution in [0.25, 0.3) is 0 Å². The van der Waals surface area contributed by atoms with E-state index in [1.807, 2.05) is 6.92 Å². The summed E-state index contributed by atoms with van der Waals surface area (Å²) < 4.78 is 18.7. The Balaban J connectivity index is 0.000000407. The number of esters is 2. The van der Waals surface area contributed by atoms with Crippen LogP contribution < -0.4 is 20.5 Å². The Morgan fingerprint density at radius 2 is 1.10 bits per heavy atom. The van der Waals surface area contributed by atoms with Gasteiger partial charge in [0.25, 0.3) is 11.4 Å². The summed E-state index contributed by atoms with van der Waals surface area (Å²) >= 11 is 14.4. The van der Waals surface area contributed by atoms with Gasteiger partial charge in [0, 0.05) is 47.2 Å². The van der Waals surface area contributed by atoms with Crippen molar-refractivity contribution < 1.29 is 48.0 Å². The first-order chi connectivity index (χ1) is 24.6. The molecule has 19 heteroatoms. The highest BCUT2D eigenvalue weighted by molar-refractivity contribution is 6.61. The van der Waals surface area contributed by atoms with E-state index < -0.39 is 27.3 Å². The number of hydrogen-bond donors (Lipinski definition) is 2. The van der Waals surface area contributed by atoms with Crippen LogP contribution in [0, 0.1) is 34.1 Å². The topological polar surface area (TPSA) is 230 Å². The minimum atomic E-state index is -0.978. The first-order valence-corrected chi connectivity index (χ1v) is 15.6. The van der Waals surface area contributed by atoms with E-state index in [1.54, 1.807) is 37.3 Å². The van der Waals surface area contributed by atoms with E-state index in [2.05, 4.69) is 19.5 Å². The van der Waals surface area contributed by atoms with Crippen molar-refractivity contribution in [3.63, 3.8) is 0 Å². The van der Waals surface area contributed by atoms with Crippen LogP contribution in [0.15, 0.2) is 84.9 Å². The summed E-state index contributed by atoms with van der Waals surface area (Å²) in [4.78, 5) is 64.4. The van der Waals surface area contributed by atoms with E-state index in [4.69, 9.17) is 45.3 Å². The number of methoxy groups -OCH3 is 2. The molecule has 0 aliphatic carbocycles. The number of ether oxygens (including phenoxy) is 4. The number of alkyl halides is 2. The van der Waals surface area contributed by atoms with Crippen LogP contribution in [0.4, 0.5) is 32.3 Å². The van der Waals surface area contributed by atoms with Gasteiger partial charge in [-0.3, -0.25) is 25.5 Å². The lowest BCUT2D eigenvalue weighted by molar-refractivity contribution is -0.385. The smallest absolute Gasteiger partial charge is 0.417 e. The van der Waals surface area contributed by atoms with Gasteiger partial charge in [-0.15, -0.1) is 23.2 Å². The molecule has 0 unspecified atom stereocenters. The summed E-state index contributed by atoms with van der Waals surface area (Å²) in [7, 11) is 2.61. The highest BCUT2D eigenvalue weighted by Crippen LogP contribution is 2.21. The molecule has 0 fully saturated rings. The summed E-state index contributed by atoms with van der Waals surface area (Å²) in [5, 5.41) is 23.5. The van der Waals surface area contributed by atoms with Gasteiger partial charge >= 0.3 is 23.5 Å². The second-order valence-electron chi connectivity index (χ2n) is 9.54. The summed E-state index contributed by atoms with van der Waals surface area (Å²) in [6.45, 7) is 3.64. The van der Waals surface area contributed by atoms with Crippen molar-refractivity contribution in [2.45, 2.75) is 13.8 Å². The van der Waals surface area contributed by atoms with Gasteiger partial charge in [-0.1, -0.05) is 12.1 Å². The molecule has 3 N–H and O–H groups in total. The number of carbonyl (C=O) groups is 4. The first-order valence-electron chi connectivity index (χ1n) is 14.2. The largest absolute Gasteiger partial charge is 0.465 e. The maximum Gasteiger partial charge on any atom is 0.417 e. The number of hydrogen-bond acceptors (Lipinski definition) is 13. The fraction of sp³-hybridized carbons (Fsp3) is 0.152. The lowest BCUT2D eigenvalue weighted by atomic mass is 10.1. The number of nitro benzene ring substituents is 2. The number of rotatable bonds is 7. The van der Waals surface area contributed by atoms with Gasteiger partial charge in [0.1, 0.15) is 11.5 Å². The van der Waals surface area contributed by atoms with Gasteiger partial charge in [-0.05, 0) is 73.5 Å². The van der Waals surface area contributed by atoms with Gasteiger partial charge < -0.3 is 24.7 Å². The molecule has 16 nitrogen and oxygen atoms in total. The number of nitrogen functional groups attached to an aromatic ring is 1. The number of aryl methyl sites for hydroxylation is 2. The summed E-state index contributed by atoms with van der Waals surface area (Å²) in [5.74, 6) is -0.561.